The van der Waals surface area contributed by atoms with Crippen molar-refractivity contribution < 1.29 is 4.79 Å². The fraction of sp³-hybridized carbons (Fsp3) is 0.500. The highest BCUT2D eigenvalue weighted by atomic mass is 32.1. The molecule has 0 spiro atoms. The van der Waals surface area contributed by atoms with Gasteiger partial charge in [-0.3, -0.25) is 4.79 Å². The van der Waals surface area contributed by atoms with Crippen molar-refractivity contribution in [2.45, 2.75) is 26.7 Å². The van der Waals surface area contributed by atoms with Gasteiger partial charge in [0.1, 0.15) is 4.88 Å². The molecule has 1 rings (SSSR count). The Balaban J connectivity index is 2.48. The second-order valence-electron chi connectivity index (χ2n) is 3.16. The lowest BCUT2D eigenvalue weighted by Gasteiger charge is -2.01. The molecule has 0 saturated heterocycles. The molecule has 0 aliphatic carbocycles. The normalized spacial score (nSPS) is 9.67. The highest BCUT2D eigenvalue weighted by Crippen LogP contribution is 2.16. The smallest absolute Gasteiger partial charge is 0.263 e. The molecule has 15 heavy (non-hydrogen) atoms. The molecular formula is C10H13N3OS. The molecule has 0 aromatic carbocycles. The van der Waals surface area contributed by atoms with E-state index in [4.69, 9.17) is 5.26 Å². The van der Waals surface area contributed by atoms with Crippen LogP contribution in [0.1, 0.15) is 33.2 Å². The number of nitriles is 1. The van der Waals surface area contributed by atoms with E-state index in [1.165, 1.54) is 11.3 Å². The largest absolute Gasteiger partial charge is 0.351 e. The highest BCUT2D eigenvalue weighted by molar-refractivity contribution is 7.13. The van der Waals surface area contributed by atoms with Gasteiger partial charge in [-0.15, -0.1) is 11.3 Å². The number of aromatic nitrogens is 1. The van der Waals surface area contributed by atoms with Crippen molar-refractivity contribution in [2.24, 2.45) is 0 Å². The molecule has 1 amide bonds. The van der Waals surface area contributed by atoms with E-state index in [1.807, 2.05) is 19.9 Å². The van der Waals surface area contributed by atoms with Crippen LogP contribution in [0, 0.1) is 25.2 Å². The van der Waals surface area contributed by atoms with Crippen molar-refractivity contribution in [1.29, 1.82) is 5.26 Å². The number of unbranched alkanes of at least 4 members (excludes halogenated alkanes) is 1. The lowest BCUT2D eigenvalue weighted by atomic mass is 10.3. The number of carbonyl (C=O) groups is 1. The molecule has 1 N–H and O–H groups in total. The second-order valence-corrected chi connectivity index (χ2v) is 4.37. The number of carbonyl (C=O) groups excluding carboxylic acids is 1. The average molecular weight is 223 g/mol. The minimum Gasteiger partial charge on any atom is -0.351 e. The third-order valence-electron chi connectivity index (χ3n) is 1.86. The Bertz CT molecular complexity index is 392. The van der Waals surface area contributed by atoms with Gasteiger partial charge in [0, 0.05) is 13.0 Å². The number of aryl methyl sites for hydroxylation is 2. The summed E-state index contributed by atoms with van der Waals surface area (Å²) in [4.78, 5) is 16.5. The first kappa shape index (κ1) is 11.7. The van der Waals surface area contributed by atoms with Crippen LogP contribution >= 0.6 is 11.3 Å². The van der Waals surface area contributed by atoms with Crippen molar-refractivity contribution >= 4 is 17.2 Å². The minimum absolute atomic E-state index is 0.0870. The predicted molar refractivity (Wildman–Crippen MR) is 58.8 cm³/mol. The first-order valence-corrected chi connectivity index (χ1v) is 5.56. The molecular weight excluding hydrogens is 210 g/mol. The molecule has 1 aromatic rings. The molecule has 0 saturated carbocycles. The molecule has 1 aromatic heterocycles. The summed E-state index contributed by atoms with van der Waals surface area (Å²) in [5.41, 5.74) is 0.773. The summed E-state index contributed by atoms with van der Waals surface area (Å²) in [6, 6.07) is 2.04. The molecule has 0 atom stereocenters. The molecule has 80 valence electrons. The fourth-order valence-corrected chi connectivity index (χ4v) is 2.03. The van der Waals surface area contributed by atoms with Gasteiger partial charge in [0.05, 0.1) is 16.8 Å². The van der Waals surface area contributed by atoms with Gasteiger partial charge in [-0.2, -0.15) is 5.26 Å². The lowest BCUT2D eigenvalue weighted by Crippen LogP contribution is -2.24. The van der Waals surface area contributed by atoms with E-state index >= 15 is 0 Å². The first-order valence-electron chi connectivity index (χ1n) is 4.74. The van der Waals surface area contributed by atoms with E-state index in [0.717, 1.165) is 10.7 Å². The van der Waals surface area contributed by atoms with Crippen LogP contribution in [0.25, 0.3) is 0 Å². The number of nitrogens with one attached hydrogen (secondary N) is 1. The molecule has 0 aliphatic heterocycles. The summed E-state index contributed by atoms with van der Waals surface area (Å²) in [5.74, 6) is -0.0870. The van der Waals surface area contributed by atoms with Gasteiger partial charge in [-0.25, -0.2) is 4.98 Å². The van der Waals surface area contributed by atoms with E-state index < -0.39 is 0 Å². The number of thiazole rings is 1. The van der Waals surface area contributed by atoms with Gasteiger partial charge in [0.25, 0.3) is 5.91 Å². The number of nitrogens with zero attached hydrogens (tertiary/aromatic N) is 2. The SMILES string of the molecule is Cc1nc(C)c(C(=O)NCCCC#N)s1. The molecule has 4 nitrogen and oxygen atoms in total. The molecule has 0 radical (unpaired) electrons. The minimum atomic E-state index is -0.0870. The zero-order chi connectivity index (χ0) is 11.3. The Morgan fingerprint density at radius 1 is 1.60 bits per heavy atom. The number of rotatable bonds is 4. The topological polar surface area (TPSA) is 65.8 Å². The van der Waals surface area contributed by atoms with E-state index in [1.54, 1.807) is 0 Å². The standard InChI is InChI=1S/C10H13N3OS/c1-7-9(15-8(2)13-7)10(14)12-6-4-3-5-11/h3-4,6H2,1-2H3,(H,12,14). The zero-order valence-electron chi connectivity index (χ0n) is 8.83. The van der Waals surface area contributed by atoms with Gasteiger partial charge in [-0.1, -0.05) is 0 Å². The number of hydrogen-bond acceptors (Lipinski definition) is 4. The van der Waals surface area contributed by atoms with Crippen LogP contribution in [0.15, 0.2) is 0 Å². The van der Waals surface area contributed by atoms with Crippen LogP contribution in [0.4, 0.5) is 0 Å². The Hall–Kier alpha value is -1.41. The van der Waals surface area contributed by atoms with Gasteiger partial charge in [-0.05, 0) is 20.3 Å². The summed E-state index contributed by atoms with van der Waals surface area (Å²) in [7, 11) is 0. The van der Waals surface area contributed by atoms with Crippen LogP contribution in [0.5, 0.6) is 0 Å². The molecule has 0 unspecified atom stereocenters. The van der Waals surface area contributed by atoms with Crippen molar-refractivity contribution in [2.75, 3.05) is 6.54 Å². The van der Waals surface area contributed by atoms with Crippen molar-refractivity contribution in [3.8, 4) is 6.07 Å². The molecule has 0 fully saturated rings. The Morgan fingerprint density at radius 2 is 2.33 bits per heavy atom. The van der Waals surface area contributed by atoms with Crippen LogP contribution in [0.2, 0.25) is 0 Å². The summed E-state index contributed by atoms with van der Waals surface area (Å²) >= 11 is 1.40. The van der Waals surface area contributed by atoms with Crippen LogP contribution in [0.3, 0.4) is 0 Å². The first-order chi connectivity index (χ1) is 7.15. The van der Waals surface area contributed by atoms with E-state index in [0.29, 0.717) is 24.3 Å². The van der Waals surface area contributed by atoms with Crippen LogP contribution in [-0.4, -0.2) is 17.4 Å². The Kier molecular flexibility index (Phi) is 4.25. The summed E-state index contributed by atoms with van der Waals surface area (Å²) in [6.45, 7) is 4.25. The van der Waals surface area contributed by atoms with E-state index in [2.05, 4.69) is 10.3 Å². The average Bonchev–Trinajstić information content (AvgIpc) is 2.52. The maximum absolute atomic E-state index is 11.6. The summed E-state index contributed by atoms with van der Waals surface area (Å²) in [6.07, 6.45) is 1.17. The van der Waals surface area contributed by atoms with Crippen molar-refractivity contribution in [1.82, 2.24) is 10.3 Å². The van der Waals surface area contributed by atoms with Crippen LogP contribution < -0.4 is 5.32 Å². The maximum Gasteiger partial charge on any atom is 0.263 e. The van der Waals surface area contributed by atoms with Gasteiger partial charge < -0.3 is 5.32 Å². The van der Waals surface area contributed by atoms with E-state index in [-0.39, 0.29) is 5.91 Å². The van der Waals surface area contributed by atoms with Crippen molar-refractivity contribution in [3.63, 3.8) is 0 Å². The molecule has 1 heterocycles. The monoisotopic (exact) mass is 223 g/mol. The van der Waals surface area contributed by atoms with Gasteiger partial charge >= 0.3 is 0 Å². The third kappa shape index (κ3) is 3.33. The van der Waals surface area contributed by atoms with Gasteiger partial charge in [0.15, 0.2) is 0 Å². The number of amides is 1. The third-order valence-corrected chi connectivity index (χ3v) is 2.93. The van der Waals surface area contributed by atoms with Crippen molar-refractivity contribution in [3.05, 3.63) is 15.6 Å². The van der Waals surface area contributed by atoms with Crippen LogP contribution in [-0.2, 0) is 0 Å². The quantitative estimate of drug-likeness (QED) is 0.791. The number of hydrogen-bond donors (Lipinski definition) is 1. The van der Waals surface area contributed by atoms with E-state index in [9.17, 15) is 4.79 Å². The molecule has 0 bridgehead atoms. The Morgan fingerprint density at radius 3 is 2.87 bits per heavy atom. The fourth-order valence-electron chi connectivity index (χ4n) is 1.19. The zero-order valence-corrected chi connectivity index (χ0v) is 9.65. The van der Waals surface area contributed by atoms with Gasteiger partial charge in [0.2, 0.25) is 0 Å². The molecule has 5 heteroatoms. The highest BCUT2D eigenvalue weighted by Gasteiger charge is 2.12. The second kappa shape index (κ2) is 5.47. The summed E-state index contributed by atoms with van der Waals surface area (Å²) < 4.78 is 0. The molecule has 0 aliphatic rings. The Labute approximate surface area is 92.9 Å². The lowest BCUT2D eigenvalue weighted by molar-refractivity contribution is 0.0956. The predicted octanol–water partition coefficient (Wildman–Crippen LogP) is 1.79. The maximum atomic E-state index is 11.6. The summed E-state index contributed by atoms with van der Waals surface area (Å²) in [5, 5.41) is 12.0.